The first-order valence-corrected chi connectivity index (χ1v) is 7.10. The molecule has 7 nitrogen and oxygen atoms in total. The summed E-state index contributed by atoms with van der Waals surface area (Å²) in [6.07, 6.45) is -0.753. The van der Waals surface area contributed by atoms with E-state index in [4.69, 9.17) is 4.74 Å². The predicted octanol–water partition coefficient (Wildman–Crippen LogP) is 2.12. The maximum atomic E-state index is 11.8. The van der Waals surface area contributed by atoms with Gasteiger partial charge in [-0.2, -0.15) is 5.26 Å². The molecule has 0 saturated carbocycles. The highest BCUT2D eigenvalue weighted by Crippen LogP contribution is 2.20. The van der Waals surface area contributed by atoms with Gasteiger partial charge in [0.25, 0.3) is 0 Å². The quantitative estimate of drug-likeness (QED) is 0.810. The molecule has 0 aliphatic carbocycles. The Morgan fingerprint density at radius 2 is 2.13 bits per heavy atom. The number of rotatable bonds is 5. The molecule has 0 saturated heterocycles. The van der Waals surface area contributed by atoms with Gasteiger partial charge < -0.3 is 15.2 Å². The lowest BCUT2D eigenvalue weighted by molar-refractivity contribution is 0.0786. The van der Waals surface area contributed by atoms with Crippen LogP contribution in [0.4, 0.5) is 9.59 Å². The summed E-state index contributed by atoms with van der Waals surface area (Å²) in [6.45, 7) is 1.88. The van der Waals surface area contributed by atoms with Crippen LogP contribution in [0.5, 0.6) is 0 Å². The summed E-state index contributed by atoms with van der Waals surface area (Å²) in [5.41, 5.74) is 1.63. The van der Waals surface area contributed by atoms with Crippen molar-refractivity contribution >= 4 is 12.1 Å². The minimum Gasteiger partial charge on any atom is -0.465 e. The molecule has 1 aliphatic heterocycles. The monoisotopic (exact) mass is 315 g/mol. The smallest absolute Gasteiger partial charge is 0.416 e. The second kappa shape index (κ2) is 7.42. The Kier molecular flexibility index (Phi) is 5.33. The molecule has 1 aromatic carbocycles. The third kappa shape index (κ3) is 3.87. The van der Waals surface area contributed by atoms with Gasteiger partial charge in [0, 0.05) is 5.70 Å². The topological polar surface area (TPSA) is 103 Å². The number of benzene rings is 1. The van der Waals surface area contributed by atoms with Crippen molar-refractivity contribution in [3.8, 4) is 6.07 Å². The molecule has 2 rings (SSSR count). The number of nitriles is 1. The van der Waals surface area contributed by atoms with Crippen LogP contribution in [0.3, 0.4) is 0 Å². The standard InChI is InChI=1S/C16H17N3O4/c1-11-13(9-17)14(19(16(21)22)15(20)18-11)10-23-8-7-12-5-3-2-4-6-12/h2-6,14H,7-8,10H2,1H3,(H,18,20)(H,21,22). The fourth-order valence-electron chi connectivity index (χ4n) is 2.37. The molecule has 2 N–H and O–H groups in total. The zero-order valence-corrected chi connectivity index (χ0v) is 12.7. The van der Waals surface area contributed by atoms with Crippen molar-refractivity contribution in [2.45, 2.75) is 19.4 Å². The third-order valence-electron chi connectivity index (χ3n) is 3.54. The molecule has 1 atom stereocenters. The van der Waals surface area contributed by atoms with Gasteiger partial charge >= 0.3 is 12.1 Å². The van der Waals surface area contributed by atoms with E-state index in [-0.39, 0.29) is 12.2 Å². The number of carbonyl (C=O) groups excluding carboxylic acids is 1. The number of hydrogen-bond donors (Lipinski definition) is 2. The van der Waals surface area contributed by atoms with Crippen LogP contribution < -0.4 is 5.32 Å². The molecule has 0 bridgehead atoms. The van der Waals surface area contributed by atoms with Gasteiger partial charge in [-0.3, -0.25) is 0 Å². The lowest BCUT2D eigenvalue weighted by Crippen LogP contribution is -2.55. The number of carbonyl (C=O) groups is 2. The maximum absolute atomic E-state index is 11.8. The second-order valence-electron chi connectivity index (χ2n) is 5.06. The van der Waals surface area contributed by atoms with Crippen LogP contribution in [0.2, 0.25) is 0 Å². The number of nitrogens with zero attached hydrogens (tertiary/aromatic N) is 2. The van der Waals surface area contributed by atoms with E-state index in [1.807, 2.05) is 36.4 Å². The summed E-state index contributed by atoms with van der Waals surface area (Å²) in [7, 11) is 0. The molecular weight excluding hydrogens is 298 g/mol. The van der Waals surface area contributed by atoms with Crippen LogP contribution in [0.15, 0.2) is 41.6 Å². The van der Waals surface area contributed by atoms with Crippen molar-refractivity contribution in [1.82, 2.24) is 10.2 Å². The first kappa shape index (κ1) is 16.5. The van der Waals surface area contributed by atoms with Gasteiger partial charge in [0.15, 0.2) is 0 Å². The fourth-order valence-corrected chi connectivity index (χ4v) is 2.37. The van der Waals surface area contributed by atoms with Crippen LogP contribution in [0.25, 0.3) is 0 Å². The highest BCUT2D eigenvalue weighted by Gasteiger charge is 2.37. The molecule has 0 fully saturated rings. The van der Waals surface area contributed by atoms with E-state index >= 15 is 0 Å². The lowest BCUT2D eigenvalue weighted by atomic mass is 10.0. The first-order chi connectivity index (χ1) is 11.0. The molecule has 1 aliphatic rings. The Morgan fingerprint density at radius 1 is 1.43 bits per heavy atom. The molecule has 3 amide bonds. The lowest BCUT2D eigenvalue weighted by Gasteiger charge is -2.32. The molecule has 1 unspecified atom stereocenters. The number of amides is 3. The SMILES string of the molecule is CC1=C(C#N)C(COCCc2ccccc2)N(C(=O)O)C(=O)N1. The van der Waals surface area contributed by atoms with E-state index in [1.54, 1.807) is 6.92 Å². The van der Waals surface area contributed by atoms with Crippen LogP contribution >= 0.6 is 0 Å². The molecule has 7 heteroatoms. The van der Waals surface area contributed by atoms with Gasteiger partial charge in [-0.05, 0) is 18.9 Å². The van der Waals surface area contributed by atoms with Crippen LogP contribution in [-0.4, -0.2) is 41.4 Å². The van der Waals surface area contributed by atoms with E-state index in [0.29, 0.717) is 23.6 Å². The molecule has 120 valence electrons. The van der Waals surface area contributed by atoms with Crippen molar-refractivity contribution in [3.63, 3.8) is 0 Å². The molecule has 23 heavy (non-hydrogen) atoms. The van der Waals surface area contributed by atoms with Gasteiger partial charge in [-0.25, -0.2) is 14.5 Å². The largest absolute Gasteiger partial charge is 0.465 e. The average Bonchev–Trinajstić information content (AvgIpc) is 2.52. The number of ether oxygens (including phenoxy) is 1. The summed E-state index contributed by atoms with van der Waals surface area (Å²) in [4.78, 5) is 23.7. The Morgan fingerprint density at radius 3 is 2.74 bits per heavy atom. The predicted molar refractivity (Wildman–Crippen MR) is 81.5 cm³/mol. The molecule has 0 radical (unpaired) electrons. The second-order valence-corrected chi connectivity index (χ2v) is 5.06. The van der Waals surface area contributed by atoms with E-state index < -0.39 is 18.2 Å². The molecular formula is C16H17N3O4. The van der Waals surface area contributed by atoms with Gasteiger partial charge in [0.05, 0.1) is 24.9 Å². The van der Waals surface area contributed by atoms with Gasteiger partial charge in [-0.1, -0.05) is 30.3 Å². The summed E-state index contributed by atoms with van der Waals surface area (Å²) >= 11 is 0. The van der Waals surface area contributed by atoms with Gasteiger partial charge in [0.2, 0.25) is 0 Å². The highest BCUT2D eigenvalue weighted by atomic mass is 16.5. The molecule has 0 spiro atoms. The third-order valence-corrected chi connectivity index (χ3v) is 3.54. The Bertz CT molecular complexity index is 664. The number of allylic oxidation sites excluding steroid dienone is 1. The highest BCUT2D eigenvalue weighted by molar-refractivity contribution is 5.93. The first-order valence-electron chi connectivity index (χ1n) is 7.10. The van der Waals surface area contributed by atoms with E-state index in [9.17, 15) is 20.0 Å². The van der Waals surface area contributed by atoms with Crippen LogP contribution in [0.1, 0.15) is 12.5 Å². The van der Waals surface area contributed by atoms with Gasteiger partial charge in [0.1, 0.15) is 6.04 Å². The number of imide groups is 1. The maximum Gasteiger partial charge on any atom is 0.416 e. The van der Waals surface area contributed by atoms with Crippen molar-refractivity contribution in [2.75, 3.05) is 13.2 Å². The van der Waals surface area contributed by atoms with Gasteiger partial charge in [-0.15, -0.1) is 0 Å². The minimum absolute atomic E-state index is 0.0488. The molecule has 1 aromatic rings. The van der Waals surface area contributed by atoms with E-state index in [0.717, 1.165) is 5.56 Å². The summed E-state index contributed by atoms with van der Waals surface area (Å²) in [6, 6.07) is 9.94. The van der Waals surface area contributed by atoms with Crippen LogP contribution in [0, 0.1) is 11.3 Å². The van der Waals surface area contributed by atoms with Crippen molar-refractivity contribution < 1.29 is 19.4 Å². The minimum atomic E-state index is -1.42. The normalized spacial score (nSPS) is 17.7. The fraction of sp³-hybridized carbons (Fsp3) is 0.312. The zero-order valence-electron chi connectivity index (χ0n) is 12.7. The summed E-state index contributed by atoms with van der Waals surface area (Å²) < 4.78 is 5.52. The number of carboxylic acid groups (broad SMARTS) is 1. The zero-order chi connectivity index (χ0) is 16.8. The van der Waals surface area contributed by atoms with Crippen LogP contribution in [-0.2, 0) is 11.2 Å². The summed E-state index contributed by atoms with van der Waals surface area (Å²) in [5.74, 6) is 0. The molecule has 0 aromatic heterocycles. The Balaban J connectivity index is 2.02. The Labute approximate surface area is 133 Å². The van der Waals surface area contributed by atoms with Crippen molar-refractivity contribution in [3.05, 3.63) is 47.2 Å². The summed E-state index contributed by atoms with van der Waals surface area (Å²) in [5, 5.41) is 20.8. The number of urea groups is 1. The average molecular weight is 315 g/mol. The Hall–Kier alpha value is -2.85. The van der Waals surface area contributed by atoms with Crippen molar-refractivity contribution in [2.24, 2.45) is 0 Å². The van der Waals surface area contributed by atoms with E-state index in [1.165, 1.54) is 0 Å². The number of nitrogens with one attached hydrogen (secondary N) is 1. The molecule has 1 heterocycles. The van der Waals surface area contributed by atoms with Crippen molar-refractivity contribution in [1.29, 1.82) is 5.26 Å². The van der Waals surface area contributed by atoms with E-state index in [2.05, 4.69) is 5.32 Å². The number of hydrogen-bond acceptors (Lipinski definition) is 4.